The van der Waals surface area contributed by atoms with Crippen molar-refractivity contribution < 1.29 is 4.74 Å². The minimum Gasteiger partial charge on any atom is -0.375 e. The van der Waals surface area contributed by atoms with Crippen LogP contribution in [-0.2, 0) is 11.2 Å². The van der Waals surface area contributed by atoms with Crippen LogP contribution in [0.25, 0.3) is 0 Å². The Balaban J connectivity index is 1.81. The van der Waals surface area contributed by atoms with E-state index < -0.39 is 0 Å². The van der Waals surface area contributed by atoms with Gasteiger partial charge in [-0.25, -0.2) is 0 Å². The molecule has 2 nitrogen and oxygen atoms in total. The fourth-order valence-electron chi connectivity index (χ4n) is 3.85. The number of fused-ring (bicyclic) bond motifs is 2. The second-order valence-corrected chi connectivity index (χ2v) is 6.30. The Kier molecular flexibility index (Phi) is 4.42. The topological polar surface area (TPSA) is 21.3 Å². The molecule has 1 aromatic carbocycles. The highest BCUT2D eigenvalue weighted by Crippen LogP contribution is 2.44. The van der Waals surface area contributed by atoms with Crippen molar-refractivity contribution in [3.8, 4) is 0 Å². The van der Waals surface area contributed by atoms with E-state index in [1.54, 1.807) is 0 Å². The molecular weight excluding hydrogens is 246 g/mol. The molecule has 2 heterocycles. The highest BCUT2D eigenvalue weighted by Gasteiger charge is 2.44. The molecule has 1 aromatic rings. The Morgan fingerprint density at radius 2 is 2.20 bits per heavy atom. The van der Waals surface area contributed by atoms with E-state index in [1.165, 1.54) is 36.8 Å². The summed E-state index contributed by atoms with van der Waals surface area (Å²) in [4.78, 5) is 0. The van der Waals surface area contributed by atoms with Gasteiger partial charge in [0.25, 0.3) is 0 Å². The van der Waals surface area contributed by atoms with E-state index in [-0.39, 0.29) is 0 Å². The van der Waals surface area contributed by atoms with Gasteiger partial charge >= 0.3 is 0 Å². The molecule has 1 N–H and O–H groups in total. The number of hydrogen-bond acceptors (Lipinski definition) is 2. The van der Waals surface area contributed by atoms with Gasteiger partial charge < -0.3 is 10.1 Å². The van der Waals surface area contributed by atoms with Crippen LogP contribution in [0, 0.1) is 5.92 Å². The summed E-state index contributed by atoms with van der Waals surface area (Å²) in [6.45, 7) is 5.56. The predicted molar refractivity (Wildman–Crippen MR) is 82.9 cm³/mol. The number of hydrogen-bond donors (Lipinski definition) is 1. The van der Waals surface area contributed by atoms with E-state index >= 15 is 0 Å². The highest BCUT2D eigenvalue weighted by molar-refractivity contribution is 5.27. The predicted octanol–water partition coefficient (Wildman–Crippen LogP) is 3.86. The summed E-state index contributed by atoms with van der Waals surface area (Å²) in [5.41, 5.74) is 2.90. The van der Waals surface area contributed by atoms with Gasteiger partial charge in [0.2, 0.25) is 0 Å². The van der Waals surface area contributed by atoms with Crippen LogP contribution in [0.15, 0.2) is 24.3 Å². The van der Waals surface area contributed by atoms with Crippen LogP contribution in [-0.4, -0.2) is 18.8 Å². The lowest BCUT2D eigenvalue weighted by Crippen LogP contribution is -2.34. The molecule has 2 heteroatoms. The van der Waals surface area contributed by atoms with Crippen LogP contribution in [0.4, 0.5) is 0 Å². The van der Waals surface area contributed by atoms with Gasteiger partial charge in [0.05, 0.1) is 12.2 Å². The van der Waals surface area contributed by atoms with E-state index in [4.69, 9.17) is 4.74 Å². The zero-order chi connectivity index (χ0) is 13.9. The molecule has 0 aliphatic carbocycles. The third kappa shape index (κ3) is 2.77. The second kappa shape index (κ2) is 6.28. The molecule has 0 radical (unpaired) electrons. The third-order valence-electron chi connectivity index (χ3n) is 4.91. The number of aryl methyl sites for hydroxylation is 1. The summed E-state index contributed by atoms with van der Waals surface area (Å²) < 4.78 is 6.08. The molecule has 0 amide bonds. The molecule has 4 atom stereocenters. The van der Waals surface area contributed by atoms with Gasteiger partial charge in [0.1, 0.15) is 0 Å². The van der Waals surface area contributed by atoms with E-state index in [0.29, 0.717) is 24.2 Å². The lowest BCUT2D eigenvalue weighted by Gasteiger charge is -2.30. The lowest BCUT2D eigenvalue weighted by atomic mass is 9.80. The number of benzene rings is 1. The maximum Gasteiger partial charge on any atom is 0.0627 e. The summed E-state index contributed by atoms with van der Waals surface area (Å²) in [6.07, 6.45) is 7.09. The first kappa shape index (κ1) is 14.1. The maximum atomic E-state index is 6.08. The fourth-order valence-corrected chi connectivity index (χ4v) is 3.85. The monoisotopic (exact) mass is 273 g/mol. The summed E-state index contributed by atoms with van der Waals surface area (Å²) in [6, 6.07) is 9.59. The van der Waals surface area contributed by atoms with Crippen molar-refractivity contribution in [2.75, 3.05) is 6.54 Å². The first-order valence-corrected chi connectivity index (χ1v) is 8.29. The Hall–Kier alpha value is -0.860. The molecule has 2 saturated heterocycles. The summed E-state index contributed by atoms with van der Waals surface area (Å²) in [5, 5.41) is 3.78. The molecule has 2 aliphatic rings. The largest absolute Gasteiger partial charge is 0.375 e. The van der Waals surface area contributed by atoms with E-state index in [9.17, 15) is 0 Å². The molecule has 0 aromatic heterocycles. The van der Waals surface area contributed by atoms with Crippen molar-refractivity contribution in [1.29, 1.82) is 0 Å². The smallest absolute Gasteiger partial charge is 0.0627 e. The van der Waals surface area contributed by atoms with E-state index in [2.05, 4.69) is 43.4 Å². The van der Waals surface area contributed by atoms with Crippen molar-refractivity contribution in [3.05, 3.63) is 35.4 Å². The number of rotatable bonds is 6. The first-order chi connectivity index (χ1) is 9.81. The van der Waals surface area contributed by atoms with Crippen molar-refractivity contribution in [1.82, 2.24) is 5.32 Å². The quantitative estimate of drug-likeness (QED) is 0.850. The molecule has 110 valence electrons. The van der Waals surface area contributed by atoms with Gasteiger partial charge in [-0.1, -0.05) is 38.1 Å². The van der Waals surface area contributed by atoms with Gasteiger partial charge in [-0.15, -0.1) is 0 Å². The average molecular weight is 273 g/mol. The summed E-state index contributed by atoms with van der Waals surface area (Å²) >= 11 is 0. The zero-order valence-electron chi connectivity index (χ0n) is 12.8. The minimum atomic E-state index is 0.469. The SMILES string of the molecule is CCCNC(c1cccc(CC)c1)C1CC2CCC1O2. The first-order valence-electron chi connectivity index (χ1n) is 8.29. The van der Waals surface area contributed by atoms with Crippen molar-refractivity contribution in [2.24, 2.45) is 5.92 Å². The summed E-state index contributed by atoms with van der Waals surface area (Å²) in [7, 11) is 0. The molecular formula is C18H27NO. The average Bonchev–Trinajstić information content (AvgIpc) is 3.11. The van der Waals surface area contributed by atoms with Crippen molar-refractivity contribution in [2.45, 2.75) is 64.2 Å². The van der Waals surface area contributed by atoms with Gasteiger partial charge in [0.15, 0.2) is 0 Å². The molecule has 0 saturated carbocycles. The fraction of sp³-hybridized carbons (Fsp3) is 0.667. The Morgan fingerprint density at radius 3 is 2.85 bits per heavy atom. The third-order valence-corrected chi connectivity index (χ3v) is 4.91. The van der Waals surface area contributed by atoms with Crippen LogP contribution in [0.1, 0.15) is 56.7 Å². The van der Waals surface area contributed by atoms with Gasteiger partial charge in [-0.2, -0.15) is 0 Å². The second-order valence-electron chi connectivity index (χ2n) is 6.30. The Morgan fingerprint density at radius 1 is 1.30 bits per heavy atom. The number of ether oxygens (including phenoxy) is 1. The molecule has 2 fully saturated rings. The highest BCUT2D eigenvalue weighted by atomic mass is 16.5. The molecule has 0 spiro atoms. The van der Waals surface area contributed by atoms with Crippen LogP contribution < -0.4 is 5.32 Å². The standard InChI is InChI=1S/C18H27NO/c1-3-10-19-18(14-7-5-6-13(4-2)11-14)16-12-15-8-9-17(16)20-15/h5-7,11,15-19H,3-4,8-10,12H2,1-2H3. The van der Waals surface area contributed by atoms with Crippen LogP contribution >= 0.6 is 0 Å². The molecule has 3 rings (SSSR count). The van der Waals surface area contributed by atoms with Gasteiger partial charge in [-0.05, 0) is 49.8 Å². The Labute approximate surface area is 122 Å². The molecule has 20 heavy (non-hydrogen) atoms. The lowest BCUT2D eigenvalue weighted by molar-refractivity contribution is 0.0856. The van der Waals surface area contributed by atoms with Crippen LogP contribution in [0.5, 0.6) is 0 Å². The summed E-state index contributed by atoms with van der Waals surface area (Å²) in [5.74, 6) is 0.660. The van der Waals surface area contributed by atoms with Crippen LogP contribution in [0.2, 0.25) is 0 Å². The van der Waals surface area contributed by atoms with E-state index in [0.717, 1.165) is 13.0 Å². The molecule has 2 aliphatic heterocycles. The van der Waals surface area contributed by atoms with E-state index in [1.807, 2.05) is 0 Å². The maximum absolute atomic E-state index is 6.08. The van der Waals surface area contributed by atoms with Gasteiger partial charge in [0, 0.05) is 12.0 Å². The Bertz CT molecular complexity index is 445. The normalized spacial score (nSPS) is 29.8. The van der Waals surface area contributed by atoms with Crippen molar-refractivity contribution >= 4 is 0 Å². The zero-order valence-corrected chi connectivity index (χ0v) is 12.8. The minimum absolute atomic E-state index is 0.469. The molecule has 4 unspecified atom stereocenters. The number of nitrogens with one attached hydrogen (secondary N) is 1. The van der Waals surface area contributed by atoms with Crippen LogP contribution in [0.3, 0.4) is 0 Å². The van der Waals surface area contributed by atoms with Crippen molar-refractivity contribution in [3.63, 3.8) is 0 Å². The van der Waals surface area contributed by atoms with Gasteiger partial charge in [-0.3, -0.25) is 0 Å². The molecule has 2 bridgehead atoms.